The SMILES string of the molecule is CC1CN(c2cc(N)nc(C(C)(C)C)n2)CC(C)(C)O1. The van der Waals surface area contributed by atoms with Crippen LogP contribution < -0.4 is 10.6 Å². The van der Waals surface area contributed by atoms with Crippen LogP contribution in [0.1, 0.15) is 47.4 Å². The third-order valence-electron chi connectivity index (χ3n) is 3.30. The van der Waals surface area contributed by atoms with Crippen molar-refractivity contribution >= 4 is 11.6 Å². The molecule has 1 fully saturated rings. The fourth-order valence-corrected chi connectivity index (χ4v) is 2.58. The predicted molar refractivity (Wildman–Crippen MR) is 82.0 cm³/mol. The molecule has 1 aliphatic rings. The number of morpholine rings is 1. The van der Waals surface area contributed by atoms with Gasteiger partial charge in [-0.25, -0.2) is 9.97 Å². The van der Waals surface area contributed by atoms with Gasteiger partial charge in [-0.15, -0.1) is 0 Å². The van der Waals surface area contributed by atoms with Crippen LogP contribution in [0.5, 0.6) is 0 Å². The topological polar surface area (TPSA) is 64.3 Å². The summed E-state index contributed by atoms with van der Waals surface area (Å²) in [6.45, 7) is 14.2. The van der Waals surface area contributed by atoms with Crippen LogP contribution in [0.15, 0.2) is 6.07 Å². The molecule has 5 heteroatoms. The Morgan fingerprint density at radius 2 is 2.00 bits per heavy atom. The van der Waals surface area contributed by atoms with Gasteiger partial charge in [-0.3, -0.25) is 0 Å². The summed E-state index contributed by atoms with van der Waals surface area (Å²) in [5.41, 5.74) is 5.66. The van der Waals surface area contributed by atoms with Crippen LogP contribution >= 0.6 is 0 Å². The molecule has 1 unspecified atom stereocenters. The van der Waals surface area contributed by atoms with Crippen LogP contribution in [0.25, 0.3) is 0 Å². The first kappa shape index (κ1) is 15.0. The van der Waals surface area contributed by atoms with Gasteiger partial charge in [0.25, 0.3) is 0 Å². The van der Waals surface area contributed by atoms with Crippen molar-refractivity contribution in [3.63, 3.8) is 0 Å². The third kappa shape index (κ3) is 3.39. The van der Waals surface area contributed by atoms with E-state index < -0.39 is 0 Å². The zero-order valence-electron chi connectivity index (χ0n) is 13.4. The van der Waals surface area contributed by atoms with Crippen molar-refractivity contribution in [2.24, 2.45) is 0 Å². The Balaban J connectivity index is 2.35. The average molecular weight is 278 g/mol. The van der Waals surface area contributed by atoms with Crippen molar-refractivity contribution in [3.05, 3.63) is 11.9 Å². The first-order chi connectivity index (χ1) is 9.07. The molecule has 2 N–H and O–H groups in total. The second-order valence-electron chi connectivity index (χ2n) is 7.29. The molecule has 1 aliphatic heterocycles. The summed E-state index contributed by atoms with van der Waals surface area (Å²) in [5.74, 6) is 2.20. The molecule has 0 spiro atoms. The maximum Gasteiger partial charge on any atom is 0.138 e. The second kappa shape index (κ2) is 4.88. The van der Waals surface area contributed by atoms with E-state index in [9.17, 15) is 0 Å². The van der Waals surface area contributed by atoms with Crippen LogP contribution in [0.4, 0.5) is 11.6 Å². The molecule has 1 saturated heterocycles. The summed E-state index contributed by atoms with van der Waals surface area (Å²) in [4.78, 5) is 11.3. The van der Waals surface area contributed by atoms with Crippen LogP contribution in [0, 0.1) is 0 Å². The Hall–Kier alpha value is -1.36. The zero-order valence-corrected chi connectivity index (χ0v) is 13.4. The lowest BCUT2D eigenvalue weighted by Crippen LogP contribution is -2.52. The summed E-state index contributed by atoms with van der Waals surface area (Å²) in [6, 6.07) is 1.85. The van der Waals surface area contributed by atoms with Crippen molar-refractivity contribution < 1.29 is 4.74 Å². The largest absolute Gasteiger partial charge is 0.384 e. The Labute approximate surface area is 121 Å². The van der Waals surface area contributed by atoms with Crippen LogP contribution in [0.3, 0.4) is 0 Å². The molecule has 1 atom stereocenters. The predicted octanol–water partition coefficient (Wildman–Crippen LogP) is 2.36. The van der Waals surface area contributed by atoms with E-state index in [4.69, 9.17) is 15.5 Å². The lowest BCUT2D eigenvalue weighted by Gasteiger charge is -2.42. The van der Waals surface area contributed by atoms with Crippen molar-refractivity contribution in [3.8, 4) is 0 Å². The van der Waals surface area contributed by atoms with E-state index in [-0.39, 0.29) is 17.1 Å². The molecule has 5 nitrogen and oxygen atoms in total. The monoisotopic (exact) mass is 278 g/mol. The molecule has 0 saturated carbocycles. The van der Waals surface area contributed by atoms with Crippen molar-refractivity contribution in [1.29, 1.82) is 0 Å². The Morgan fingerprint density at radius 3 is 2.55 bits per heavy atom. The molecule has 2 rings (SSSR count). The van der Waals surface area contributed by atoms with E-state index >= 15 is 0 Å². The quantitative estimate of drug-likeness (QED) is 0.854. The van der Waals surface area contributed by atoms with E-state index in [1.54, 1.807) is 0 Å². The molecule has 0 amide bonds. The minimum absolute atomic E-state index is 0.114. The summed E-state index contributed by atoms with van der Waals surface area (Å²) in [7, 11) is 0. The smallest absolute Gasteiger partial charge is 0.138 e. The summed E-state index contributed by atoms with van der Waals surface area (Å²) < 4.78 is 5.94. The van der Waals surface area contributed by atoms with Gasteiger partial charge in [0, 0.05) is 24.6 Å². The minimum Gasteiger partial charge on any atom is -0.384 e. The number of anilines is 2. The van der Waals surface area contributed by atoms with Crippen molar-refractivity contribution in [1.82, 2.24) is 9.97 Å². The summed E-state index contributed by atoms with van der Waals surface area (Å²) in [5, 5.41) is 0. The molecule has 0 bridgehead atoms. The number of rotatable bonds is 1. The summed E-state index contributed by atoms with van der Waals surface area (Å²) >= 11 is 0. The van der Waals surface area contributed by atoms with Gasteiger partial charge in [0.2, 0.25) is 0 Å². The van der Waals surface area contributed by atoms with E-state index in [2.05, 4.69) is 51.4 Å². The number of aromatic nitrogens is 2. The number of nitrogens with zero attached hydrogens (tertiary/aromatic N) is 3. The lowest BCUT2D eigenvalue weighted by molar-refractivity contribution is -0.0751. The van der Waals surface area contributed by atoms with E-state index in [1.165, 1.54) is 0 Å². The third-order valence-corrected chi connectivity index (χ3v) is 3.30. The first-order valence-electron chi connectivity index (χ1n) is 7.15. The number of ether oxygens (including phenoxy) is 1. The maximum atomic E-state index is 5.96. The molecule has 2 heterocycles. The van der Waals surface area contributed by atoms with Crippen LogP contribution in [-0.4, -0.2) is 34.8 Å². The van der Waals surface area contributed by atoms with Gasteiger partial charge >= 0.3 is 0 Å². The second-order valence-corrected chi connectivity index (χ2v) is 7.29. The van der Waals surface area contributed by atoms with Gasteiger partial charge in [-0.1, -0.05) is 20.8 Å². The highest BCUT2D eigenvalue weighted by Crippen LogP contribution is 2.27. The molecular weight excluding hydrogens is 252 g/mol. The maximum absolute atomic E-state index is 5.96. The highest BCUT2D eigenvalue weighted by Gasteiger charge is 2.32. The van der Waals surface area contributed by atoms with Crippen LogP contribution in [0.2, 0.25) is 0 Å². The van der Waals surface area contributed by atoms with E-state index in [0.29, 0.717) is 5.82 Å². The molecule has 112 valence electrons. The fraction of sp³-hybridized carbons (Fsp3) is 0.733. The molecule has 1 aromatic rings. The van der Waals surface area contributed by atoms with E-state index in [1.807, 2.05) is 6.07 Å². The van der Waals surface area contributed by atoms with Gasteiger partial charge in [0.1, 0.15) is 17.5 Å². The standard InChI is InChI=1S/C15H26N4O/c1-10-8-19(9-15(5,6)20-10)12-7-11(16)17-13(18-12)14(2,3)4/h7,10H,8-9H2,1-6H3,(H2,16,17,18). The number of hydrogen-bond donors (Lipinski definition) is 1. The Morgan fingerprint density at radius 1 is 1.35 bits per heavy atom. The highest BCUT2D eigenvalue weighted by atomic mass is 16.5. The number of hydrogen-bond acceptors (Lipinski definition) is 5. The van der Waals surface area contributed by atoms with Crippen LogP contribution in [-0.2, 0) is 10.2 Å². The van der Waals surface area contributed by atoms with Crippen molar-refractivity contribution in [2.45, 2.75) is 58.7 Å². The Bertz CT molecular complexity index is 493. The van der Waals surface area contributed by atoms with Gasteiger partial charge in [0.15, 0.2) is 0 Å². The lowest BCUT2D eigenvalue weighted by atomic mass is 9.95. The molecule has 1 aromatic heterocycles. The highest BCUT2D eigenvalue weighted by molar-refractivity contribution is 5.48. The van der Waals surface area contributed by atoms with E-state index in [0.717, 1.165) is 24.7 Å². The van der Waals surface area contributed by atoms with Gasteiger partial charge in [-0.2, -0.15) is 0 Å². The van der Waals surface area contributed by atoms with Crippen molar-refractivity contribution in [2.75, 3.05) is 23.7 Å². The molecular formula is C15H26N4O. The Kier molecular flexibility index (Phi) is 3.67. The molecule has 0 aliphatic carbocycles. The molecule has 0 radical (unpaired) electrons. The zero-order chi connectivity index (χ0) is 15.1. The summed E-state index contributed by atoms with van der Waals surface area (Å²) in [6.07, 6.45) is 0.174. The number of nitrogens with two attached hydrogens (primary N) is 1. The first-order valence-corrected chi connectivity index (χ1v) is 7.15. The number of nitrogen functional groups attached to an aromatic ring is 1. The molecule has 0 aromatic carbocycles. The van der Waals surface area contributed by atoms with Gasteiger partial charge < -0.3 is 15.4 Å². The fourth-order valence-electron chi connectivity index (χ4n) is 2.58. The molecule has 20 heavy (non-hydrogen) atoms. The normalized spacial score (nSPS) is 22.9. The minimum atomic E-state index is -0.181. The van der Waals surface area contributed by atoms with Gasteiger partial charge in [0.05, 0.1) is 11.7 Å². The van der Waals surface area contributed by atoms with Gasteiger partial charge in [-0.05, 0) is 20.8 Å². The average Bonchev–Trinajstić information content (AvgIpc) is 2.24.